The summed E-state index contributed by atoms with van der Waals surface area (Å²) in [6.07, 6.45) is 3.35. The summed E-state index contributed by atoms with van der Waals surface area (Å²) in [5.74, 6) is 0. The summed E-state index contributed by atoms with van der Waals surface area (Å²) in [5, 5.41) is 2.61. The highest BCUT2D eigenvalue weighted by Gasteiger charge is 2.04. The first-order valence-corrected chi connectivity index (χ1v) is 6.49. The molecule has 2 aromatic rings. The van der Waals surface area contributed by atoms with Crippen LogP contribution in [0.3, 0.4) is 0 Å². The van der Waals surface area contributed by atoms with E-state index in [0.29, 0.717) is 0 Å². The van der Waals surface area contributed by atoms with Gasteiger partial charge in [-0.05, 0) is 53.8 Å². The second-order valence-corrected chi connectivity index (χ2v) is 4.82. The Balaban J connectivity index is 2.70. The van der Waals surface area contributed by atoms with Crippen molar-refractivity contribution in [3.63, 3.8) is 0 Å². The van der Waals surface area contributed by atoms with E-state index in [0.717, 1.165) is 12.0 Å². The van der Waals surface area contributed by atoms with Crippen molar-refractivity contribution < 1.29 is 0 Å². The van der Waals surface area contributed by atoms with E-state index in [1.165, 1.54) is 27.5 Å². The summed E-state index contributed by atoms with van der Waals surface area (Å²) in [6, 6.07) is 13.1. The molecule has 0 unspecified atom stereocenters. The van der Waals surface area contributed by atoms with Gasteiger partial charge in [-0.25, -0.2) is 0 Å². The van der Waals surface area contributed by atoms with E-state index in [2.05, 4.69) is 69.8 Å². The van der Waals surface area contributed by atoms with E-state index in [1.54, 1.807) is 0 Å². The van der Waals surface area contributed by atoms with Gasteiger partial charge in [-0.15, -0.1) is 0 Å². The molecule has 0 N–H and O–H groups in total. The molecule has 0 spiro atoms. The zero-order valence-corrected chi connectivity index (χ0v) is 11.5. The molecular weight excluding hydrogens is 216 g/mol. The average Bonchev–Trinajstić information content (AvgIpc) is 2.37. The minimum Gasteiger partial charge on any atom is -0.0955 e. The zero-order valence-electron chi connectivity index (χ0n) is 11.5. The number of fused-ring (bicyclic) bond motifs is 1. The first-order valence-electron chi connectivity index (χ1n) is 6.49. The highest BCUT2D eigenvalue weighted by Crippen LogP contribution is 2.27. The van der Waals surface area contributed by atoms with Crippen molar-refractivity contribution in [2.75, 3.05) is 0 Å². The van der Waals surface area contributed by atoms with E-state index in [1.807, 2.05) is 0 Å². The quantitative estimate of drug-likeness (QED) is 0.642. The maximum atomic E-state index is 4.03. The van der Waals surface area contributed by atoms with Crippen LogP contribution in [0.5, 0.6) is 0 Å². The van der Waals surface area contributed by atoms with Crippen LogP contribution in [0.4, 0.5) is 0 Å². The standard InChI is InChI=1S/C18H20/c1-5-7-14(4)17-9-6-8-15-10-11-16(13(2)3)12-18(15)17/h6-12H,2,5H2,1,3-4H3/b14-7-. The van der Waals surface area contributed by atoms with Gasteiger partial charge in [0.15, 0.2) is 0 Å². The molecule has 0 radical (unpaired) electrons. The normalized spacial score (nSPS) is 11.8. The maximum absolute atomic E-state index is 4.03. The predicted octanol–water partition coefficient (Wildman–Crippen LogP) is 5.69. The van der Waals surface area contributed by atoms with Crippen LogP contribution in [0.15, 0.2) is 49.1 Å². The zero-order chi connectivity index (χ0) is 13.1. The van der Waals surface area contributed by atoms with E-state index in [-0.39, 0.29) is 0 Å². The number of rotatable bonds is 3. The van der Waals surface area contributed by atoms with Crippen LogP contribution < -0.4 is 0 Å². The summed E-state index contributed by atoms with van der Waals surface area (Å²) in [6.45, 7) is 10.4. The van der Waals surface area contributed by atoms with Crippen LogP contribution in [0.2, 0.25) is 0 Å². The van der Waals surface area contributed by atoms with Crippen molar-refractivity contribution in [1.82, 2.24) is 0 Å². The molecule has 0 atom stereocenters. The summed E-state index contributed by atoms with van der Waals surface area (Å²) in [7, 11) is 0. The molecule has 0 fully saturated rings. The van der Waals surface area contributed by atoms with Gasteiger partial charge in [0.25, 0.3) is 0 Å². The van der Waals surface area contributed by atoms with E-state index in [9.17, 15) is 0 Å². The third-order valence-corrected chi connectivity index (χ3v) is 3.31. The Morgan fingerprint density at radius 1 is 1.17 bits per heavy atom. The molecule has 0 nitrogen and oxygen atoms in total. The molecule has 0 heteroatoms. The molecule has 0 amide bonds. The highest BCUT2D eigenvalue weighted by atomic mass is 14.1. The van der Waals surface area contributed by atoms with Crippen LogP contribution in [0.1, 0.15) is 38.3 Å². The van der Waals surface area contributed by atoms with Gasteiger partial charge in [-0.3, -0.25) is 0 Å². The van der Waals surface area contributed by atoms with Crippen molar-refractivity contribution in [2.45, 2.75) is 27.2 Å². The molecule has 0 aromatic heterocycles. The molecular formula is C18H20. The van der Waals surface area contributed by atoms with Gasteiger partial charge in [-0.1, -0.05) is 55.5 Å². The Labute approximate surface area is 110 Å². The Morgan fingerprint density at radius 2 is 1.94 bits per heavy atom. The lowest BCUT2D eigenvalue weighted by Crippen LogP contribution is -1.86. The van der Waals surface area contributed by atoms with Crippen LogP contribution >= 0.6 is 0 Å². The van der Waals surface area contributed by atoms with E-state index in [4.69, 9.17) is 0 Å². The fourth-order valence-electron chi connectivity index (χ4n) is 2.30. The lowest BCUT2D eigenvalue weighted by Gasteiger charge is -2.09. The van der Waals surface area contributed by atoms with Crippen molar-refractivity contribution in [1.29, 1.82) is 0 Å². The average molecular weight is 236 g/mol. The molecule has 0 aliphatic heterocycles. The van der Waals surface area contributed by atoms with E-state index < -0.39 is 0 Å². The number of hydrogen-bond donors (Lipinski definition) is 0. The van der Waals surface area contributed by atoms with Gasteiger partial charge in [0.05, 0.1) is 0 Å². The fourth-order valence-corrected chi connectivity index (χ4v) is 2.30. The van der Waals surface area contributed by atoms with Crippen LogP contribution in [0, 0.1) is 0 Å². The molecule has 0 heterocycles. The monoisotopic (exact) mass is 236 g/mol. The Morgan fingerprint density at radius 3 is 2.61 bits per heavy atom. The second-order valence-electron chi connectivity index (χ2n) is 4.82. The fraction of sp³-hybridized carbons (Fsp3) is 0.222. The second kappa shape index (κ2) is 5.22. The largest absolute Gasteiger partial charge is 0.0955 e. The van der Waals surface area contributed by atoms with Crippen molar-refractivity contribution in [3.8, 4) is 0 Å². The third-order valence-electron chi connectivity index (χ3n) is 3.31. The van der Waals surface area contributed by atoms with Gasteiger partial charge in [0.2, 0.25) is 0 Å². The van der Waals surface area contributed by atoms with Crippen molar-refractivity contribution >= 4 is 21.9 Å². The number of benzene rings is 2. The predicted molar refractivity (Wildman–Crippen MR) is 82.6 cm³/mol. The number of hydrogen-bond acceptors (Lipinski definition) is 0. The summed E-state index contributed by atoms with van der Waals surface area (Å²) >= 11 is 0. The van der Waals surface area contributed by atoms with Crippen LogP contribution in [0.25, 0.3) is 21.9 Å². The Hall–Kier alpha value is -1.82. The summed E-state index contributed by atoms with van der Waals surface area (Å²) in [5.41, 5.74) is 5.02. The van der Waals surface area contributed by atoms with Gasteiger partial charge < -0.3 is 0 Å². The topological polar surface area (TPSA) is 0 Å². The molecule has 0 saturated carbocycles. The first kappa shape index (κ1) is 12.6. The molecule has 0 bridgehead atoms. The van der Waals surface area contributed by atoms with Gasteiger partial charge >= 0.3 is 0 Å². The minimum absolute atomic E-state index is 1.07. The molecule has 0 aliphatic rings. The molecule has 18 heavy (non-hydrogen) atoms. The minimum atomic E-state index is 1.07. The van der Waals surface area contributed by atoms with Crippen LogP contribution in [-0.4, -0.2) is 0 Å². The van der Waals surface area contributed by atoms with Gasteiger partial charge in [0, 0.05) is 0 Å². The van der Waals surface area contributed by atoms with Gasteiger partial charge in [-0.2, -0.15) is 0 Å². The van der Waals surface area contributed by atoms with Crippen molar-refractivity contribution in [2.24, 2.45) is 0 Å². The highest BCUT2D eigenvalue weighted by molar-refractivity contribution is 5.95. The maximum Gasteiger partial charge on any atom is -0.0103 e. The molecule has 92 valence electrons. The smallest absolute Gasteiger partial charge is 0.0103 e. The summed E-state index contributed by atoms with van der Waals surface area (Å²) in [4.78, 5) is 0. The first-order chi connectivity index (χ1) is 8.63. The molecule has 0 saturated heterocycles. The Bertz CT molecular complexity index is 615. The lowest BCUT2D eigenvalue weighted by molar-refractivity contribution is 1.22. The van der Waals surface area contributed by atoms with Gasteiger partial charge in [0.1, 0.15) is 0 Å². The molecule has 2 rings (SSSR count). The summed E-state index contributed by atoms with van der Waals surface area (Å²) < 4.78 is 0. The SMILES string of the molecule is C=C(C)c1ccc2cccc(/C(C)=C\CC)c2c1. The molecule has 2 aromatic carbocycles. The lowest BCUT2D eigenvalue weighted by atomic mass is 9.95. The van der Waals surface area contributed by atoms with Crippen molar-refractivity contribution in [3.05, 3.63) is 60.2 Å². The van der Waals surface area contributed by atoms with E-state index >= 15 is 0 Å². The Kier molecular flexibility index (Phi) is 3.66. The number of allylic oxidation sites excluding steroid dienone is 3. The molecule has 0 aliphatic carbocycles. The third kappa shape index (κ3) is 2.38. The van der Waals surface area contributed by atoms with Crippen LogP contribution in [-0.2, 0) is 0 Å².